The molecule has 4 rings (SSSR count). The van der Waals surface area contributed by atoms with Crippen molar-refractivity contribution in [2.75, 3.05) is 31.8 Å². The summed E-state index contributed by atoms with van der Waals surface area (Å²) in [4.78, 5) is 16.7. The van der Waals surface area contributed by atoms with Gasteiger partial charge in [-0.05, 0) is 63.5 Å². The number of nitriles is 1. The Hall–Kier alpha value is -3.05. The van der Waals surface area contributed by atoms with Crippen LogP contribution in [-0.4, -0.2) is 75.3 Å². The van der Waals surface area contributed by atoms with Crippen LogP contribution in [0.1, 0.15) is 31.7 Å². The molecule has 1 saturated heterocycles. The topological polar surface area (TPSA) is 157 Å². The summed E-state index contributed by atoms with van der Waals surface area (Å²) in [6.45, 7) is 3.96. The fourth-order valence-electron chi connectivity index (χ4n) is 4.86. The van der Waals surface area contributed by atoms with Gasteiger partial charge in [0.05, 0.1) is 36.0 Å². The maximum Gasteiger partial charge on any atom is 0.458 e. The minimum atomic E-state index is -4.25. The van der Waals surface area contributed by atoms with Crippen molar-refractivity contribution in [2.45, 2.75) is 50.7 Å². The molecule has 2 N–H and O–H groups in total. The van der Waals surface area contributed by atoms with Crippen molar-refractivity contribution in [1.29, 1.82) is 5.26 Å². The van der Waals surface area contributed by atoms with E-state index in [2.05, 4.69) is 15.2 Å². The van der Waals surface area contributed by atoms with Crippen LogP contribution in [0.3, 0.4) is 0 Å². The molecule has 0 aliphatic carbocycles. The maximum atomic E-state index is 16.4. The molecule has 3 heterocycles. The number of aliphatic hydroxyl groups excluding tert-OH is 1. The van der Waals surface area contributed by atoms with Gasteiger partial charge in [-0.25, -0.2) is 23.5 Å². The molecular weight excluding hydrogens is 600 g/mol. The largest absolute Gasteiger partial charge is 0.466 e. The van der Waals surface area contributed by atoms with E-state index in [1.54, 1.807) is 62.0 Å². The van der Waals surface area contributed by atoms with E-state index in [1.165, 1.54) is 16.9 Å². The van der Waals surface area contributed by atoms with E-state index in [0.29, 0.717) is 23.4 Å². The van der Waals surface area contributed by atoms with Crippen LogP contribution in [0, 0.1) is 24.2 Å². The number of para-hydroxylation sites is 1. The van der Waals surface area contributed by atoms with Crippen LogP contribution in [-0.2, 0) is 29.0 Å². The van der Waals surface area contributed by atoms with E-state index < -0.39 is 49.7 Å². The standard InChI is InChI=1S/C28H35FN5O7PS/c1-5-38-26(36)20(13-14-43-4)15-33-42(37,41-21-9-7-6-8-10-21)39-16-23-25(35)27(3,29)28(17-30,40-23)24-12-11-22-19(2)31-18-32-34(22)24/h6-12,18,20,23,25,35H,5,13-16H2,1-4H3,(H,33,37)/t20-,23-,25-,27-,28+,42?/m1/s1. The molecule has 3 aromatic rings. The number of aromatic nitrogens is 3. The van der Waals surface area contributed by atoms with Crippen LogP contribution >= 0.6 is 19.5 Å². The number of hydrogen-bond acceptors (Lipinski definition) is 11. The molecule has 0 amide bonds. The first-order chi connectivity index (χ1) is 20.5. The van der Waals surface area contributed by atoms with E-state index in [-0.39, 0.29) is 24.6 Å². The molecule has 1 aromatic carbocycles. The van der Waals surface area contributed by atoms with Crippen molar-refractivity contribution in [3.63, 3.8) is 0 Å². The number of aryl methyl sites for hydroxylation is 1. The van der Waals surface area contributed by atoms with Crippen LogP contribution in [0.15, 0.2) is 48.8 Å². The lowest BCUT2D eigenvalue weighted by Crippen LogP contribution is -2.48. The summed E-state index contributed by atoms with van der Waals surface area (Å²) in [6, 6.07) is 13.2. The Morgan fingerprint density at radius 3 is 2.77 bits per heavy atom. The molecule has 0 spiro atoms. The van der Waals surface area contributed by atoms with Gasteiger partial charge in [-0.2, -0.15) is 22.1 Å². The number of aliphatic hydroxyl groups is 1. The van der Waals surface area contributed by atoms with Gasteiger partial charge >= 0.3 is 13.7 Å². The van der Waals surface area contributed by atoms with E-state index in [4.69, 9.17) is 18.5 Å². The molecule has 1 fully saturated rings. The molecule has 15 heteroatoms. The monoisotopic (exact) mass is 635 g/mol. The van der Waals surface area contributed by atoms with E-state index >= 15 is 4.39 Å². The Morgan fingerprint density at radius 2 is 2.09 bits per heavy atom. The molecule has 6 atom stereocenters. The van der Waals surface area contributed by atoms with Gasteiger partial charge in [-0.15, -0.1) is 0 Å². The highest BCUT2D eigenvalue weighted by Crippen LogP contribution is 2.51. The first kappa shape index (κ1) is 32.9. The zero-order valence-electron chi connectivity index (χ0n) is 24.3. The van der Waals surface area contributed by atoms with Gasteiger partial charge in [-0.3, -0.25) is 9.32 Å². The first-order valence-corrected chi connectivity index (χ1v) is 16.6. The van der Waals surface area contributed by atoms with Crippen molar-refractivity contribution in [1.82, 2.24) is 19.7 Å². The Kier molecular flexibility index (Phi) is 10.5. The molecule has 1 unspecified atom stereocenters. The molecule has 0 radical (unpaired) electrons. The van der Waals surface area contributed by atoms with Crippen molar-refractivity contribution in [3.8, 4) is 11.8 Å². The molecule has 232 valence electrons. The lowest BCUT2D eigenvalue weighted by molar-refractivity contribution is -0.147. The Labute approximate surface area is 253 Å². The SMILES string of the molecule is CCOC(=O)[C@H](CCSC)CNP(=O)(OC[C@H]1O[C@@](C#N)(c2ccc3c(C)ncnn23)[C@](C)(F)[C@@H]1O)Oc1ccccc1. The lowest BCUT2D eigenvalue weighted by atomic mass is 9.82. The third-order valence-corrected chi connectivity index (χ3v) is 9.44. The van der Waals surface area contributed by atoms with Gasteiger partial charge in [0.15, 0.2) is 5.67 Å². The van der Waals surface area contributed by atoms with Crippen LogP contribution in [0.4, 0.5) is 4.39 Å². The normalized spacial score (nSPS) is 25.6. The Morgan fingerprint density at radius 1 is 1.35 bits per heavy atom. The summed E-state index contributed by atoms with van der Waals surface area (Å²) in [5.74, 6) is -0.248. The van der Waals surface area contributed by atoms with Gasteiger partial charge in [0.2, 0.25) is 5.60 Å². The Bertz CT molecular complexity index is 1500. The van der Waals surface area contributed by atoms with Gasteiger partial charge in [-0.1, -0.05) is 18.2 Å². The number of rotatable bonds is 14. The predicted octanol–water partition coefficient (Wildman–Crippen LogP) is 3.97. The van der Waals surface area contributed by atoms with Crippen molar-refractivity contribution in [3.05, 3.63) is 60.2 Å². The average Bonchev–Trinajstić information content (AvgIpc) is 3.51. The number of benzene rings is 1. The molecule has 2 aromatic heterocycles. The highest BCUT2D eigenvalue weighted by atomic mass is 32.2. The predicted molar refractivity (Wildman–Crippen MR) is 157 cm³/mol. The number of carbonyl (C=O) groups is 1. The minimum absolute atomic E-state index is 0.0509. The highest BCUT2D eigenvalue weighted by molar-refractivity contribution is 7.98. The fourth-order valence-corrected chi connectivity index (χ4v) is 6.77. The van der Waals surface area contributed by atoms with Gasteiger partial charge in [0.25, 0.3) is 0 Å². The summed E-state index contributed by atoms with van der Waals surface area (Å²) in [7, 11) is -4.25. The summed E-state index contributed by atoms with van der Waals surface area (Å²) >= 11 is 1.55. The van der Waals surface area contributed by atoms with Crippen molar-refractivity contribution < 1.29 is 37.4 Å². The quantitative estimate of drug-likeness (QED) is 0.194. The van der Waals surface area contributed by atoms with E-state index in [1.807, 2.05) is 12.3 Å². The number of thioether (sulfide) groups is 1. The van der Waals surface area contributed by atoms with Crippen molar-refractivity contribution in [2.24, 2.45) is 5.92 Å². The molecular formula is C28H35FN5O7PS. The summed E-state index contributed by atoms with van der Waals surface area (Å²) in [5, 5.41) is 28.2. The molecule has 1 aliphatic rings. The van der Waals surface area contributed by atoms with Gasteiger partial charge < -0.3 is 19.1 Å². The number of nitrogens with zero attached hydrogens (tertiary/aromatic N) is 4. The van der Waals surface area contributed by atoms with Crippen LogP contribution < -0.4 is 9.61 Å². The molecule has 1 aliphatic heterocycles. The van der Waals surface area contributed by atoms with Crippen LogP contribution in [0.2, 0.25) is 0 Å². The van der Waals surface area contributed by atoms with Crippen LogP contribution in [0.25, 0.3) is 5.52 Å². The number of carbonyl (C=O) groups excluding carboxylic acids is 1. The number of hydrogen-bond donors (Lipinski definition) is 2. The number of halogens is 1. The zero-order chi connectivity index (χ0) is 31.3. The highest BCUT2D eigenvalue weighted by Gasteiger charge is 2.67. The molecule has 0 bridgehead atoms. The average molecular weight is 636 g/mol. The molecule has 43 heavy (non-hydrogen) atoms. The van der Waals surface area contributed by atoms with Gasteiger partial charge in [0, 0.05) is 6.54 Å². The smallest absolute Gasteiger partial charge is 0.458 e. The molecule has 12 nitrogen and oxygen atoms in total. The van der Waals surface area contributed by atoms with Crippen molar-refractivity contribution >= 4 is 31.0 Å². The van der Waals surface area contributed by atoms with Crippen LogP contribution in [0.5, 0.6) is 5.75 Å². The minimum Gasteiger partial charge on any atom is -0.466 e. The molecule has 0 saturated carbocycles. The number of alkyl halides is 1. The second-order valence-corrected chi connectivity index (χ2v) is 12.9. The summed E-state index contributed by atoms with van der Waals surface area (Å²) in [6.07, 6.45) is 0.320. The number of nitrogens with one attached hydrogen (secondary N) is 1. The second-order valence-electron chi connectivity index (χ2n) is 10.1. The lowest BCUT2D eigenvalue weighted by Gasteiger charge is -2.30. The maximum absolute atomic E-state index is 16.4. The number of ether oxygens (including phenoxy) is 2. The first-order valence-electron chi connectivity index (χ1n) is 13.7. The third kappa shape index (κ3) is 6.72. The summed E-state index contributed by atoms with van der Waals surface area (Å²) < 4.78 is 54.3. The third-order valence-electron chi connectivity index (χ3n) is 7.29. The zero-order valence-corrected chi connectivity index (χ0v) is 26.0. The van der Waals surface area contributed by atoms with E-state index in [9.17, 15) is 19.7 Å². The number of esters is 1. The fraction of sp³-hybridized carbons (Fsp3) is 0.500. The van der Waals surface area contributed by atoms with Gasteiger partial charge in [0.1, 0.15) is 30.4 Å². The number of fused-ring (bicyclic) bond motifs is 1. The Balaban J connectivity index is 1.59. The van der Waals surface area contributed by atoms with E-state index in [0.717, 1.165) is 6.92 Å². The summed E-state index contributed by atoms with van der Waals surface area (Å²) in [5.41, 5.74) is -3.75. The second kappa shape index (κ2) is 13.7.